The maximum atomic E-state index is 11.4. The minimum absolute atomic E-state index is 0.210. The van der Waals surface area contributed by atoms with Crippen LogP contribution in [0.1, 0.15) is 31.2 Å². The quantitative estimate of drug-likeness (QED) is 0.756. The Labute approximate surface area is 90.3 Å². The summed E-state index contributed by atoms with van der Waals surface area (Å²) in [5.74, 6) is 1.89. The first-order valence-corrected chi connectivity index (χ1v) is 5.43. The van der Waals surface area contributed by atoms with Gasteiger partial charge in [-0.05, 0) is 18.1 Å². The van der Waals surface area contributed by atoms with Crippen LogP contribution in [0.25, 0.3) is 0 Å². The number of rotatable bonds is 3. The number of para-hydroxylation sites is 1. The van der Waals surface area contributed by atoms with Crippen molar-refractivity contribution in [2.75, 3.05) is 7.11 Å². The van der Waals surface area contributed by atoms with Crippen LogP contribution in [0.3, 0.4) is 0 Å². The smallest absolute Gasteiger partial charge is 0.137 e. The Morgan fingerprint density at radius 2 is 2.13 bits per heavy atom. The Hall–Kier alpha value is -1.31. The van der Waals surface area contributed by atoms with Crippen molar-refractivity contribution < 1.29 is 9.53 Å². The van der Waals surface area contributed by atoms with Crippen molar-refractivity contribution in [3.63, 3.8) is 0 Å². The summed E-state index contributed by atoms with van der Waals surface area (Å²) < 4.78 is 5.32. The highest BCUT2D eigenvalue weighted by Crippen LogP contribution is 2.44. The van der Waals surface area contributed by atoms with Crippen molar-refractivity contribution in [1.29, 1.82) is 0 Å². The molecule has 1 saturated carbocycles. The summed E-state index contributed by atoms with van der Waals surface area (Å²) in [5.41, 5.74) is 1.19. The summed E-state index contributed by atoms with van der Waals surface area (Å²) in [6.07, 6.45) is 1.61. The minimum atomic E-state index is 0.210. The zero-order chi connectivity index (χ0) is 10.8. The lowest BCUT2D eigenvalue weighted by molar-refractivity contribution is -0.131. The molecule has 0 bridgehead atoms. The number of ether oxygens (including phenoxy) is 1. The summed E-state index contributed by atoms with van der Waals surface area (Å²) in [4.78, 5) is 11.4. The Bertz CT molecular complexity index is 371. The van der Waals surface area contributed by atoms with Gasteiger partial charge in [-0.15, -0.1) is 0 Å². The maximum Gasteiger partial charge on any atom is 0.137 e. The number of carbonyl (C=O) groups is 1. The fraction of sp³-hybridized carbons (Fsp3) is 0.462. The molecule has 2 heteroatoms. The Balaban J connectivity index is 2.26. The molecule has 0 radical (unpaired) electrons. The molecule has 0 spiro atoms. The van der Waals surface area contributed by atoms with Crippen LogP contribution in [0.2, 0.25) is 0 Å². The van der Waals surface area contributed by atoms with Gasteiger partial charge in [-0.1, -0.05) is 25.1 Å². The van der Waals surface area contributed by atoms with Crippen LogP contribution in [0, 0.1) is 5.92 Å². The van der Waals surface area contributed by atoms with Gasteiger partial charge in [0.1, 0.15) is 11.5 Å². The molecule has 0 heterocycles. The molecular formula is C13H16O2. The first kappa shape index (κ1) is 10.2. The topological polar surface area (TPSA) is 26.3 Å². The molecule has 2 unspecified atom stereocenters. The molecular weight excluding hydrogens is 188 g/mol. The van der Waals surface area contributed by atoms with E-state index in [1.807, 2.05) is 18.2 Å². The van der Waals surface area contributed by atoms with Crippen LogP contribution in [0.15, 0.2) is 24.3 Å². The standard InChI is InChI=1S/C13H16O2/c1-3-9-11(8-12(9)14)10-6-4-5-7-13(10)15-2/h4-7,9,11H,3,8H2,1-2H3. The zero-order valence-electron chi connectivity index (χ0n) is 9.19. The van der Waals surface area contributed by atoms with Gasteiger partial charge in [-0.25, -0.2) is 0 Å². The van der Waals surface area contributed by atoms with E-state index in [2.05, 4.69) is 13.0 Å². The molecule has 0 saturated heterocycles. The summed E-state index contributed by atoms with van der Waals surface area (Å²) in [6.45, 7) is 2.07. The van der Waals surface area contributed by atoms with Gasteiger partial charge in [0.2, 0.25) is 0 Å². The maximum absolute atomic E-state index is 11.4. The highest BCUT2D eigenvalue weighted by atomic mass is 16.5. The van der Waals surface area contributed by atoms with E-state index in [0.717, 1.165) is 12.2 Å². The second-order valence-electron chi connectivity index (χ2n) is 4.03. The van der Waals surface area contributed by atoms with Crippen LogP contribution in [0.4, 0.5) is 0 Å². The normalized spacial score (nSPS) is 24.8. The molecule has 80 valence electrons. The number of benzene rings is 1. The third kappa shape index (κ3) is 1.65. The first-order valence-electron chi connectivity index (χ1n) is 5.43. The van der Waals surface area contributed by atoms with E-state index in [9.17, 15) is 4.79 Å². The van der Waals surface area contributed by atoms with E-state index >= 15 is 0 Å². The van der Waals surface area contributed by atoms with E-state index < -0.39 is 0 Å². The summed E-state index contributed by atoms with van der Waals surface area (Å²) in [6, 6.07) is 8.00. The van der Waals surface area contributed by atoms with Crippen LogP contribution in [-0.4, -0.2) is 12.9 Å². The van der Waals surface area contributed by atoms with E-state index in [4.69, 9.17) is 4.74 Å². The van der Waals surface area contributed by atoms with Crippen molar-refractivity contribution in [2.45, 2.75) is 25.7 Å². The third-order valence-electron chi connectivity index (χ3n) is 3.30. The molecule has 0 amide bonds. The molecule has 1 aromatic carbocycles. The monoisotopic (exact) mass is 204 g/mol. The van der Waals surface area contributed by atoms with Crippen LogP contribution >= 0.6 is 0 Å². The van der Waals surface area contributed by atoms with Gasteiger partial charge in [0.05, 0.1) is 7.11 Å². The average molecular weight is 204 g/mol. The third-order valence-corrected chi connectivity index (χ3v) is 3.30. The summed E-state index contributed by atoms with van der Waals surface area (Å²) >= 11 is 0. The van der Waals surface area contributed by atoms with Crippen molar-refractivity contribution in [2.24, 2.45) is 5.92 Å². The van der Waals surface area contributed by atoms with Crippen molar-refractivity contribution in [3.8, 4) is 5.75 Å². The second kappa shape index (κ2) is 4.05. The van der Waals surface area contributed by atoms with Crippen LogP contribution in [0.5, 0.6) is 5.75 Å². The van der Waals surface area contributed by atoms with Gasteiger partial charge < -0.3 is 4.74 Å². The SMILES string of the molecule is CCC1C(=O)CC1c1ccccc1OC. The van der Waals surface area contributed by atoms with E-state index in [0.29, 0.717) is 18.1 Å². The molecule has 1 aromatic rings. The van der Waals surface area contributed by atoms with Crippen molar-refractivity contribution in [3.05, 3.63) is 29.8 Å². The van der Waals surface area contributed by atoms with Crippen molar-refractivity contribution in [1.82, 2.24) is 0 Å². The summed E-state index contributed by atoms with van der Waals surface area (Å²) in [7, 11) is 1.68. The van der Waals surface area contributed by atoms with Gasteiger partial charge in [0, 0.05) is 18.3 Å². The number of ketones is 1. The number of carbonyl (C=O) groups excluding carboxylic acids is 1. The minimum Gasteiger partial charge on any atom is -0.496 e. The number of methoxy groups -OCH3 is 1. The van der Waals surface area contributed by atoms with Crippen LogP contribution < -0.4 is 4.74 Å². The Kier molecular flexibility index (Phi) is 2.76. The predicted octanol–water partition coefficient (Wildman–Crippen LogP) is 2.78. The molecule has 2 rings (SSSR count). The zero-order valence-corrected chi connectivity index (χ0v) is 9.19. The molecule has 0 N–H and O–H groups in total. The largest absolute Gasteiger partial charge is 0.496 e. The number of Topliss-reactive ketones (excluding diaryl/α,β-unsaturated/α-hetero) is 1. The fourth-order valence-corrected chi connectivity index (χ4v) is 2.39. The number of hydrogen-bond donors (Lipinski definition) is 0. The lowest BCUT2D eigenvalue weighted by atomic mass is 9.67. The van der Waals surface area contributed by atoms with Crippen LogP contribution in [-0.2, 0) is 4.79 Å². The molecule has 2 atom stereocenters. The molecule has 1 aliphatic carbocycles. The lowest BCUT2D eigenvalue weighted by Crippen LogP contribution is -2.34. The van der Waals surface area contributed by atoms with E-state index in [-0.39, 0.29) is 5.92 Å². The molecule has 15 heavy (non-hydrogen) atoms. The molecule has 1 aliphatic rings. The fourth-order valence-electron chi connectivity index (χ4n) is 2.39. The molecule has 0 aliphatic heterocycles. The van der Waals surface area contributed by atoms with Gasteiger partial charge in [0.25, 0.3) is 0 Å². The van der Waals surface area contributed by atoms with Crippen molar-refractivity contribution >= 4 is 5.78 Å². The van der Waals surface area contributed by atoms with Gasteiger partial charge in [-0.2, -0.15) is 0 Å². The van der Waals surface area contributed by atoms with E-state index in [1.165, 1.54) is 5.56 Å². The van der Waals surface area contributed by atoms with Gasteiger partial charge >= 0.3 is 0 Å². The average Bonchev–Trinajstić information content (AvgIpc) is 2.26. The predicted molar refractivity (Wildman–Crippen MR) is 59.1 cm³/mol. The lowest BCUT2D eigenvalue weighted by Gasteiger charge is -2.35. The van der Waals surface area contributed by atoms with Gasteiger partial charge in [0.15, 0.2) is 0 Å². The molecule has 2 nitrogen and oxygen atoms in total. The highest BCUT2D eigenvalue weighted by Gasteiger charge is 2.40. The van der Waals surface area contributed by atoms with E-state index in [1.54, 1.807) is 7.11 Å². The number of hydrogen-bond acceptors (Lipinski definition) is 2. The second-order valence-corrected chi connectivity index (χ2v) is 4.03. The molecule has 0 aromatic heterocycles. The molecule has 1 fully saturated rings. The summed E-state index contributed by atoms with van der Waals surface area (Å²) in [5, 5.41) is 0. The van der Waals surface area contributed by atoms with Gasteiger partial charge in [-0.3, -0.25) is 4.79 Å². The highest BCUT2D eigenvalue weighted by molar-refractivity contribution is 5.89. The Morgan fingerprint density at radius 1 is 1.40 bits per heavy atom. The first-order chi connectivity index (χ1) is 7.27. The Morgan fingerprint density at radius 3 is 2.73 bits per heavy atom.